The number of piperidine rings is 1. The molecular formula is C21H29N3O3S2. The highest BCUT2D eigenvalue weighted by Crippen LogP contribution is 2.35. The third-order valence-corrected chi connectivity index (χ3v) is 8.11. The summed E-state index contributed by atoms with van der Waals surface area (Å²) in [4.78, 5) is 35.1. The van der Waals surface area contributed by atoms with E-state index in [1.165, 1.54) is 28.6 Å². The molecule has 6 nitrogen and oxygen atoms in total. The molecule has 1 atom stereocenters. The van der Waals surface area contributed by atoms with Crippen LogP contribution < -0.4 is 5.56 Å². The van der Waals surface area contributed by atoms with Gasteiger partial charge in [-0.05, 0) is 57.4 Å². The molecule has 0 saturated carbocycles. The lowest BCUT2D eigenvalue weighted by Crippen LogP contribution is -2.43. The van der Waals surface area contributed by atoms with Crippen LogP contribution in [0.2, 0.25) is 0 Å². The summed E-state index contributed by atoms with van der Waals surface area (Å²) in [5.41, 5.74) is 1.25. The van der Waals surface area contributed by atoms with Gasteiger partial charge >= 0.3 is 0 Å². The second-order valence-electron chi connectivity index (χ2n) is 7.96. The van der Waals surface area contributed by atoms with E-state index in [1.54, 1.807) is 23.0 Å². The predicted octanol–water partition coefficient (Wildman–Crippen LogP) is 3.48. The van der Waals surface area contributed by atoms with E-state index in [0.717, 1.165) is 55.3 Å². The molecule has 29 heavy (non-hydrogen) atoms. The molecule has 158 valence electrons. The maximum atomic E-state index is 13.3. The molecule has 0 bridgehead atoms. The van der Waals surface area contributed by atoms with Crippen molar-refractivity contribution in [3.05, 3.63) is 20.8 Å². The summed E-state index contributed by atoms with van der Waals surface area (Å²) in [6.45, 7) is 4.13. The summed E-state index contributed by atoms with van der Waals surface area (Å²) in [5.74, 6) is 0.478. The number of hydrogen-bond donors (Lipinski definition) is 0. The van der Waals surface area contributed by atoms with Gasteiger partial charge in [0.15, 0.2) is 5.16 Å². The fraction of sp³-hybridized carbons (Fsp3) is 0.667. The third-order valence-electron chi connectivity index (χ3n) is 5.97. The Morgan fingerprint density at radius 3 is 2.97 bits per heavy atom. The first-order chi connectivity index (χ1) is 14.1. The Bertz CT molecular complexity index is 953. The maximum absolute atomic E-state index is 13.3. The van der Waals surface area contributed by atoms with Crippen molar-refractivity contribution in [2.45, 2.75) is 69.6 Å². The number of amides is 1. The molecular weight excluding hydrogens is 406 g/mol. The number of rotatable bonds is 7. The van der Waals surface area contributed by atoms with Gasteiger partial charge in [0, 0.05) is 37.7 Å². The van der Waals surface area contributed by atoms with E-state index in [-0.39, 0.29) is 11.5 Å². The number of fused-ring (bicyclic) bond motifs is 3. The average Bonchev–Trinajstić information content (AvgIpc) is 3.29. The molecule has 8 heteroatoms. The topological polar surface area (TPSA) is 64.4 Å². The second kappa shape index (κ2) is 9.18. The minimum Gasteiger partial charge on any atom is -0.385 e. The number of thioether (sulfide) groups is 1. The zero-order chi connectivity index (χ0) is 20.4. The van der Waals surface area contributed by atoms with E-state index >= 15 is 0 Å². The maximum Gasteiger partial charge on any atom is 0.263 e. The van der Waals surface area contributed by atoms with Crippen molar-refractivity contribution in [1.82, 2.24) is 14.5 Å². The highest BCUT2D eigenvalue weighted by Gasteiger charge is 2.26. The highest BCUT2D eigenvalue weighted by atomic mass is 32.2. The fourth-order valence-electron chi connectivity index (χ4n) is 4.41. The average molecular weight is 436 g/mol. The smallest absolute Gasteiger partial charge is 0.263 e. The highest BCUT2D eigenvalue weighted by molar-refractivity contribution is 7.99. The van der Waals surface area contributed by atoms with Gasteiger partial charge in [-0.3, -0.25) is 14.2 Å². The van der Waals surface area contributed by atoms with Gasteiger partial charge in [-0.25, -0.2) is 4.98 Å². The Morgan fingerprint density at radius 2 is 2.17 bits per heavy atom. The van der Waals surface area contributed by atoms with Crippen LogP contribution >= 0.6 is 23.1 Å². The molecule has 0 aromatic carbocycles. The van der Waals surface area contributed by atoms with Crippen molar-refractivity contribution in [3.63, 3.8) is 0 Å². The Balaban J connectivity index is 1.60. The van der Waals surface area contributed by atoms with E-state index < -0.39 is 0 Å². The molecule has 4 rings (SSSR count). The lowest BCUT2D eigenvalue weighted by Gasteiger charge is -2.33. The van der Waals surface area contributed by atoms with Gasteiger partial charge in [0.1, 0.15) is 4.83 Å². The van der Waals surface area contributed by atoms with Crippen molar-refractivity contribution in [2.75, 3.05) is 26.0 Å². The second-order valence-corrected chi connectivity index (χ2v) is 9.98. The molecule has 1 unspecified atom stereocenters. The largest absolute Gasteiger partial charge is 0.385 e. The van der Waals surface area contributed by atoms with E-state index in [2.05, 4.69) is 6.92 Å². The number of hydrogen-bond acceptors (Lipinski definition) is 6. The predicted molar refractivity (Wildman–Crippen MR) is 118 cm³/mol. The van der Waals surface area contributed by atoms with Crippen LogP contribution in [0.25, 0.3) is 10.2 Å². The summed E-state index contributed by atoms with van der Waals surface area (Å²) in [6.07, 6.45) is 7.24. The Labute approximate surface area is 179 Å². The van der Waals surface area contributed by atoms with Crippen LogP contribution in [-0.2, 0) is 28.9 Å². The van der Waals surface area contributed by atoms with Gasteiger partial charge in [0.25, 0.3) is 5.56 Å². The Morgan fingerprint density at radius 1 is 1.31 bits per heavy atom. The van der Waals surface area contributed by atoms with Gasteiger partial charge in [-0.15, -0.1) is 11.3 Å². The molecule has 0 N–H and O–H groups in total. The number of aryl methyl sites for hydroxylation is 2. The summed E-state index contributed by atoms with van der Waals surface area (Å²) in [5, 5.41) is 1.47. The minimum atomic E-state index is 0.0480. The summed E-state index contributed by atoms with van der Waals surface area (Å²) in [6, 6.07) is 0.302. The number of carbonyl (C=O) groups excluding carboxylic acids is 1. The van der Waals surface area contributed by atoms with Gasteiger partial charge in [0.2, 0.25) is 5.91 Å². The molecule has 2 aliphatic rings. The summed E-state index contributed by atoms with van der Waals surface area (Å²) < 4.78 is 6.95. The number of carbonyl (C=O) groups is 1. The molecule has 1 fully saturated rings. The molecule has 2 aromatic rings. The monoisotopic (exact) mass is 435 g/mol. The quantitative estimate of drug-likeness (QED) is 0.378. The summed E-state index contributed by atoms with van der Waals surface area (Å²) in [7, 11) is 1.67. The normalized spacial score (nSPS) is 19.1. The Hall–Kier alpha value is -1.38. The van der Waals surface area contributed by atoms with Gasteiger partial charge in [-0.2, -0.15) is 0 Å². The van der Waals surface area contributed by atoms with Crippen molar-refractivity contribution in [3.8, 4) is 0 Å². The molecule has 1 saturated heterocycles. The Kier molecular flexibility index (Phi) is 6.61. The first kappa shape index (κ1) is 20.9. The number of ether oxygens (including phenoxy) is 1. The summed E-state index contributed by atoms with van der Waals surface area (Å²) >= 11 is 3.06. The number of thiophene rings is 1. The molecule has 3 heterocycles. The van der Waals surface area contributed by atoms with E-state index in [0.29, 0.717) is 30.1 Å². The first-order valence-electron chi connectivity index (χ1n) is 10.6. The SMILES string of the molecule is COCCCn1c(SCC(=O)N2CCCCC2C)nc2sc3c(c2c1=O)CCC3. The van der Waals surface area contributed by atoms with Crippen molar-refractivity contribution < 1.29 is 9.53 Å². The molecule has 2 aromatic heterocycles. The molecule has 1 amide bonds. The fourth-order valence-corrected chi connectivity index (χ4v) is 6.62. The lowest BCUT2D eigenvalue weighted by atomic mass is 10.0. The van der Waals surface area contributed by atoms with Crippen LogP contribution in [0.3, 0.4) is 0 Å². The number of nitrogens with zero attached hydrogens (tertiary/aromatic N) is 3. The van der Waals surface area contributed by atoms with E-state index in [1.807, 2.05) is 4.90 Å². The third kappa shape index (κ3) is 4.25. The van der Waals surface area contributed by atoms with Crippen molar-refractivity contribution in [1.29, 1.82) is 0 Å². The number of aromatic nitrogens is 2. The molecule has 0 radical (unpaired) electrons. The standard InChI is InChI=1S/C21H29N3O3S2/c1-14-7-3-4-10-23(14)17(25)13-28-21-22-19-18(15-8-5-9-16(15)29-19)20(26)24(21)11-6-12-27-2/h14H,3-13H2,1-2H3. The molecule has 1 aliphatic heterocycles. The van der Waals surface area contributed by atoms with Crippen LogP contribution in [0.4, 0.5) is 0 Å². The lowest BCUT2D eigenvalue weighted by molar-refractivity contribution is -0.131. The van der Waals surface area contributed by atoms with Crippen molar-refractivity contribution in [2.24, 2.45) is 0 Å². The molecule has 0 spiro atoms. The molecule has 1 aliphatic carbocycles. The van der Waals surface area contributed by atoms with Gasteiger partial charge < -0.3 is 9.64 Å². The van der Waals surface area contributed by atoms with E-state index in [9.17, 15) is 9.59 Å². The number of methoxy groups -OCH3 is 1. The first-order valence-corrected chi connectivity index (χ1v) is 12.4. The van der Waals surface area contributed by atoms with Crippen molar-refractivity contribution >= 4 is 39.2 Å². The minimum absolute atomic E-state index is 0.0480. The van der Waals surface area contributed by atoms with Gasteiger partial charge in [0.05, 0.1) is 11.1 Å². The van der Waals surface area contributed by atoms with E-state index in [4.69, 9.17) is 9.72 Å². The van der Waals surface area contributed by atoms with Crippen LogP contribution in [0.15, 0.2) is 9.95 Å². The zero-order valence-corrected chi connectivity index (χ0v) is 18.9. The van der Waals surface area contributed by atoms with Crippen LogP contribution in [0, 0.1) is 0 Å². The number of likely N-dealkylation sites (tertiary alicyclic amines) is 1. The zero-order valence-electron chi connectivity index (χ0n) is 17.2. The van der Waals surface area contributed by atoms with Crippen LogP contribution in [-0.4, -0.2) is 52.4 Å². The van der Waals surface area contributed by atoms with Gasteiger partial charge in [-0.1, -0.05) is 11.8 Å². The van der Waals surface area contributed by atoms with Crippen LogP contribution in [0.5, 0.6) is 0 Å². The van der Waals surface area contributed by atoms with Crippen LogP contribution in [0.1, 0.15) is 49.5 Å².